The normalized spacial score (nSPS) is 12.5. The summed E-state index contributed by atoms with van der Waals surface area (Å²) in [4.78, 5) is 4.24. The van der Waals surface area contributed by atoms with E-state index < -0.39 is 0 Å². The minimum atomic E-state index is -0.312. The second-order valence-corrected chi connectivity index (χ2v) is 5.13. The molecule has 0 fully saturated rings. The minimum absolute atomic E-state index is 0.212. The maximum atomic E-state index is 12.9. The van der Waals surface area contributed by atoms with E-state index in [1.54, 1.807) is 23.0 Å². The Kier molecular flexibility index (Phi) is 3.66. The fraction of sp³-hybridized carbons (Fsp3) is 0.231. The number of benzene rings is 1. The molecular weight excluding hydrogens is 297 g/mol. The summed E-state index contributed by atoms with van der Waals surface area (Å²) in [7, 11) is 0. The van der Waals surface area contributed by atoms with Crippen LogP contribution in [0.5, 0.6) is 0 Å². The highest BCUT2D eigenvalue weighted by Gasteiger charge is 2.12. The summed E-state index contributed by atoms with van der Waals surface area (Å²) < 4.78 is 19.6. The van der Waals surface area contributed by atoms with E-state index in [-0.39, 0.29) is 11.2 Å². The van der Waals surface area contributed by atoms with Gasteiger partial charge in [0.15, 0.2) is 0 Å². The molecule has 0 saturated heterocycles. The third kappa shape index (κ3) is 3.08. The molecule has 0 N–H and O–H groups in total. The zero-order chi connectivity index (χ0) is 14.8. The van der Waals surface area contributed by atoms with Crippen LogP contribution in [-0.2, 0) is 6.54 Å². The number of halogens is 2. The van der Waals surface area contributed by atoms with E-state index in [9.17, 15) is 4.39 Å². The first-order chi connectivity index (χ1) is 10.1. The van der Waals surface area contributed by atoms with E-state index >= 15 is 0 Å². The third-order valence-corrected chi connectivity index (χ3v) is 3.06. The molecule has 2 aromatic heterocycles. The standard InChI is InChI=1S/C13H11ClFN5O/c1-8(14)11-6-20(19-17-11)7-12-16-13(18-21-12)9-2-4-10(15)5-3-9/h2-6,8H,7H2,1H3. The van der Waals surface area contributed by atoms with Crippen molar-refractivity contribution in [1.82, 2.24) is 25.1 Å². The van der Waals surface area contributed by atoms with Gasteiger partial charge in [-0.3, -0.25) is 0 Å². The first-order valence-corrected chi connectivity index (χ1v) is 6.68. The molecule has 0 aliphatic heterocycles. The molecule has 1 unspecified atom stereocenters. The Hall–Kier alpha value is -2.28. The molecule has 6 nitrogen and oxygen atoms in total. The Morgan fingerprint density at radius 1 is 1.33 bits per heavy atom. The first-order valence-electron chi connectivity index (χ1n) is 6.24. The van der Waals surface area contributed by atoms with Gasteiger partial charge < -0.3 is 4.52 Å². The van der Waals surface area contributed by atoms with Crippen LogP contribution in [0.2, 0.25) is 0 Å². The van der Waals surface area contributed by atoms with Crippen molar-refractivity contribution in [2.45, 2.75) is 18.8 Å². The topological polar surface area (TPSA) is 69.6 Å². The van der Waals surface area contributed by atoms with Gasteiger partial charge in [-0.2, -0.15) is 4.98 Å². The fourth-order valence-corrected chi connectivity index (χ4v) is 1.85. The molecule has 1 aromatic carbocycles. The molecule has 3 aromatic rings. The lowest BCUT2D eigenvalue weighted by Gasteiger charge is -1.94. The van der Waals surface area contributed by atoms with Crippen LogP contribution in [0.1, 0.15) is 23.9 Å². The zero-order valence-electron chi connectivity index (χ0n) is 11.1. The van der Waals surface area contributed by atoms with Crippen LogP contribution in [0, 0.1) is 5.82 Å². The number of rotatable bonds is 4. The summed E-state index contributed by atoms with van der Waals surface area (Å²) in [6.45, 7) is 2.11. The highest BCUT2D eigenvalue weighted by atomic mass is 35.5. The molecule has 0 spiro atoms. The van der Waals surface area contributed by atoms with E-state index in [1.165, 1.54) is 12.1 Å². The SMILES string of the molecule is CC(Cl)c1cn(Cc2nc(-c3ccc(F)cc3)no2)nn1. The summed E-state index contributed by atoms with van der Waals surface area (Å²) in [6, 6.07) is 5.87. The zero-order valence-corrected chi connectivity index (χ0v) is 11.8. The summed E-state index contributed by atoms with van der Waals surface area (Å²) in [5.74, 6) is 0.469. The van der Waals surface area contributed by atoms with E-state index in [0.29, 0.717) is 29.5 Å². The molecule has 3 rings (SSSR count). The van der Waals surface area contributed by atoms with Crippen molar-refractivity contribution >= 4 is 11.6 Å². The molecule has 0 amide bonds. The second-order valence-electron chi connectivity index (χ2n) is 4.48. The Balaban J connectivity index is 1.76. The van der Waals surface area contributed by atoms with Crippen LogP contribution >= 0.6 is 11.6 Å². The van der Waals surface area contributed by atoms with Crippen molar-refractivity contribution < 1.29 is 8.91 Å². The number of nitrogens with zero attached hydrogens (tertiary/aromatic N) is 5. The van der Waals surface area contributed by atoms with Gasteiger partial charge >= 0.3 is 0 Å². The monoisotopic (exact) mass is 307 g/mol. The van der Waals surface area contributed by atoms with Gasteiger partial charge in [0.25, 0.3) is 0 Å². The Labute approximate surface area is 124 Å². The first kappa shape index (κ1) is 13.7. The van der Waals surface area contributed by atoms with Gasteiger partial charge in [-0.05, 0) is 31.2 Å². The molecule has 0 aliphatic carbocycles. The van der Waals surface area contributed by atoms with E-state index in [4.69, 9.17) is 16.1 Å². The maximum Gasteiger partial charge on any atom is 0.248 e. The molecule has 108 valence electrons. The summed E-state index contributed by atoms with van der Waals surface area (Å²) in [5.41, 5.74) is 1.36. The molecule has 8 heteroatoms. The summed E-state index contributed by atoms with van der Waals surface area (Å²) in [6.07, 6.45) is 1.72. The van der Waals surface area contributed by atoms with Crippen molar-refractivity contribution in [3.05, 3.63) is 47.9 Å². The smallest absolute Gasteiger partial charge is 0.248 e. The summed E-state index contributed by atoms with van der Waals surface area (Å²) >= 11 is 5.92. The molecule has 0 saturated carbocycles. The number of alkyl halides is 1. The lowest BCUT2D eigenvalue weighted by molar-refractivity contribution is 0.364. The molecule has 1 atom stereocenters. The Morgan fingerprint density at radius 2 is 2.10 bits per heavy atom. The molecule has 0 radical (unpaired) electrons. The lowest BCUT2D eigenvalue weighted by Crippen LogP contribution is -2.00. The molecule has 21 heavy (non-hydrogen) atoms. The number of hydrogen-bond acceptors (Lipinski definition) is 5. The van der Waals surface area contributed by atoms with Crippen LogP contribution < -0.4 is 0 Å². The molecule has 0 aliphatic rings. The number of hydrogen-bond donors (Lipinski definition) is 0. The van der Waals surface area contributed by atoms with Gasteiger partial charge in [-0.15, -0.1) is 16.7 Å². The van der Waals surface area contributed by atoms with Crippen molar-refractivity contribution in [1.29, 1.82) is 0 Å². The molecule has 2 heterocycles. The third-order valence-electron chi connectivity index (χ3n) is 2.83. The maximum absolute atomic E-state index is 12.9. The average Bonchev–Trinajstić information content (AvgIpc) is 3.10. The predicted molar refractivity (Wildman–Crippen MR) is 73.1 cm³/mol. The fourth-order valence-electron chi connectivity index (χ4n) is 1.75. The Morgan fingerprint density at radius 3 is 2.76 bits per heavy atom. The highest BCUT2D eigenvalue weighted by Crippen LogP contribution is 2.18. The van der Waals surface area contributed by atoms with Crippen molar-refractivity contribution in [3.8, 4) is 11.4 Å². The van der Waals surface area contributed by atoms with Crippen LogP contribution in [0.25, 0.3) is 11.4 Å². The van der Waals surface area contributed by atoms with Gasteiger partial charge in [0.1, 0.15) is 18.1 Å². The van der Waals surface area contributed by atoms with Crippen LogP contribution in [0.4, 0.5) is 4.39 Å². The predicted octanol–water partition coefficient (Wildman–Crippen LogP) is 2.82. The lowest BCUT2D eigenvalue weighted by atomic mass is 10.2. The van der Waals surface area contributed by atoms with Crippen LogP contribution in [0.15, 0.2) is 35.0 Å². The minimum Gasteiger partial charge on any atom is -0.337 e. The van der Waals surface area contributed by atoms with Gasteiger partial charge in [-0.25, -0.2) is 9.07 Å². The average molecular weight is 308 g/mol. The largest absolute Gasteiger partial charge is 0.337 e. The number of aromatic nitrogens is 5. The molecular formula is C13H11ClFN5O. The highest BCUT2D eigenvalue weighted by molar-refractivity contribution is 6.20. The van der Waals surface area contributed by atoms with Crippen molar-refractivity contribution in [2.24, 2.45) is 0 Å². The van der Waals surface area contributed by atoms with Gasteiger partial charge in [-0.1, -0.05) is 10.4 Å². The van der Waals surface area contributed by atoms with E-state index in [2.05, 4.69) is 20.5 Å². The Bertz CT molecular complexity index is 737. The summed E-state index contributed by atoms with van der Waals surface area (Å²) in [5, 5.41) is 11.5. The van der Waals surface area contributed by atoms with E-state index in [1.807, 2.05) is 6.92 Å². The van der Waals surface area contributed by atoms with Crippen molar-refractivity contribution in [3.63, 3.8) is 0 Å². The van der Waals surface area contributed by atoms with Gasteiger partial charge in [0.05, 0.1) is 11.6 Å². The van der Waals surface area contributed by atoms with E-state index in [0.717, 1.165) is 0 Å². The second kappa shape index (κ2) is 5.61. The quantitative estimate of drug-likeness (QED) is 0.693. The van der Waals surface area contributed by atoms with Gasteiger partial charge in [0, 0.05) is 5.56 Å². The van der Waals surface area contributed by atoms with Crippen LogP contribution in [0.3, 0.4) is 0 Å². The van der Waals surface area contributed by atoms with Crippen molar-refractivity contribution in [2.75, 3.05) is 0 Å². The molecule has 0 bridgehead atoms. The van der Waals surface area contributed by atoms with Crippen LogP contribution in [-0.4, -0.2) is 25.1 Å². The van der Waals surface area contributed by atoms with Gasteiger partial charge in [0.2, 0.25) is 11.7 Å².